The maximum absolute atomic E-state index is 5.97. The predicted octanol–water partition coefficient (Wildman–Crippen LogP) is 4.33. The molecule has 1 aliphatic rings. The molecule has 20 heavy (non-hydrogen) atoms. The van der Waals surface area contributed by atoms with Crippen molar-refractivity contribution < 1.29 is 9.15 Å². The zero-order valence-electron chi connectivity index (χ0n) is 13.4. The molecule has 1 aliphatic carbocycles. The van der Waals surface area contributed by atoms with Crippen LogP contribution in [0.4, 0.5) is 0 Å². The first-order chi connectivity index (χ1) is 9.44. The summed E-state index contributed by atoms with van der Waals surface area (Å²) in [7, 11) is 0. The van der Waals surface area contributed by atoms with Gasteiger partial charge in [0, 0.05) is 17.6 Å². The average Bonchev–Trinajstić information content (AvgIpc) is 2.75. The summed E-state index contributed by atoms with van der Waals surface area (Å²) in [6, 6.07) is 2.14. The van der Waals surface area contributed by atoms with Gasteiger partial charge in [-0.3, -0.25) is 0 Å². The van der Waals surface area contributed by atoms with Crippen LogP contribution in [0.25, 0.3) is 0 Å². The molecule has 0 aromatic carbocycles. The van der Waals surface area contributed by atoms with Gasteiger partial charge in [0.1, 0.15) is 18.1 Å². The molecule has 0 spiro atoms. The van der Waals surface area contributed by atoms with Gasteiger partial charge in [-0.15, -0.1) is 0 Å². The molecule has 0 unspecified atom stereocenters. The van der Waals surface area contributed by atoms with Crippen molar-refractivity contribution in [3.8, 4) is 0 Å². The first-order valence-corrected chi connectivity index (χ1v) is 7.89. The number of hydrogen-bond acceptors (Lipinski definition) is 3. The highest BCUT2D eigenvalue weighted by Gasteiger charge is 2.16. The molecule has 1 saturated carbocycles. The van der Waals surface area contributed by atoms with Crippen LogP contribution >= 0.6 is 0 Å². The van der Waals surface area contributed by atoms with Gasteiger partial charge in [-0.05, 0) is 46.6 Å². The lowest BCUT2D eigenvalue weighted by atomic mass is 9.98. The van der Waals surface area contributed by atoms with Crippen LogP contribution in [0.1, 0.15) is 70.0 Å². The fourth-order valence-electron chi connectivity index (χ4n) is 2.63. The first-order valence-electron chi connectivity index (χ1n) is 7.89. The third kappa shape index (κ3) is 4.95. The van der Waals surface area contributed by atoms with Crippen molar-refractivity contribution >= 4 is 0 Å². The Hall–Kier alpha value is -0.800. The molecule has 1 heterocycles. The van der Waals surface area contributed by atoms with Gasteiger partial charge in [-0.25, -0.2) is 0 Å². The van der Waals surface area contributed by atoms with Crippen LogP contribution in [0.3, 0.4) is 0 Å². The Morgan fingerprint density at radius 3 is 2.60 bits per heavy atom. The van der Waals surface area contributed by atoms with Gasteiger partial charge in [0.25, 0.3) is 0 Å². The molecule has 3 nitrogen and oxygen atoms in total. The molecule has 0 atom stereocenters. The average molecular weight is 279 g/mol. The molecule has 0 bridgehead atoms. The molecule has 1 aromatic rings. The molecule has 0 radical (unpaired) electrons. The van der Waals surface area contributed by atoms with E-state index in [0.717, 1.165) is 18.1 Å². The molecule has 2 rings (SSSR count). The lowest BCUT2D eigenvalue weighted by Crippen LogP contribution is -2.35. The Kier molecular flexibility index (Phi) is 5.28. The Morgan fingerprint density at radius 1 is 1.25 bits per heavy atom. The fourth-order valence-corrected chi connectivity index (χ4v) is 2.63. The van der Waals surface area contributed by atoms with Gasteiger partial charge in [0.15, 0.2) is 0 Å². The molecule has 1 N–H and O–H groups in total. The van der Waals surface area contributed by atoms with E-state index >= 15 is 0 Å². The summed E-state index contributed by atoms with van der Waals surface area (Å²) in [6.07, 6.45) is 6.83. The van der Waals surface area contributed by atoms with E-state index in [9.17, 15) is 0 Å². The first kappa shape index (κ1) is 15.6. The molecule has 114 valence electrons. The second-order valence-electron chi connectivity index (χ2n) is 6.97. The van der Waals surface area contributed by atoms with Crippen molar-refractivity contribution in [3.63, 3.8) is 0 Å². The summed E-state index contributed by atoms with van der Waals surface area (Å²) in [6.45, 7) is 10.0. The van der Waals surface area contributed by atoms with Crippen molar-refractivity contribution in [3.05, 3.63) is 23.2 Å². The topological polar surface area (TPSA) is 34.4 Å². The van der Waals surface area contributed by atoms with Crippen molar-refractivity contribution in [2.45, 2.75) is 84.6 Å². The predicted molar refractivity (Wildman–Crippen MR) is 81.7 cm³/mol. The minimum Gasteiger partial charge on any atom is -0.464 e. The van der Waals surface area contributed by atoms with E-state index in [-0.39, 0.29) is 5.54 Å². The Balaban J connectivity index is 1.83. The zero-order chi connectivity index (χ0) is 14.6. The maximum atomic E-state index is 5.97. The monoisotopic (exact) mass is 279 g/mol. The number of ether oxygens (including phenoxy) is 1. The van der Waals surface area contributed by atoms with E-state index in [0.29, 0.717) is 12.7 Å². The van der Waals surface area contributed by atoms with Gasteiger partial charge in [0.05, 0.1) is 6.10 Å². The van der Waals surface area contributed by atoms with Crippen LogP contribution in [-0.2, 0) is 17.9 Å². The van der Waals surface area contributed by atoms with Gasteiger partial charge in [0.2, 0.25) is 0 Å². The molecule has 0 saturated heterocycles. The molecule has 1 aromatic heterocycles. The van der Waals surface area contributed by atoms with E-state index in [1.54, 1.807) is 0 Å². The summed E-state index contributed by atoms with van der Waals surface area (Å²) >= 11 is 0. The van der Waals surface area contributed by atoms with Gasteiger partial charge in [-0.2, -0.15) is 0 Å². The molecule has 3 heteroatoms. The summed E-state index contributed by atoms with van der Waals surface area (Å²) in [5.74, 6) is 1.96. The van der Waals surface area contributed by atoms with E-state index in [4.69, 9.17) is 9.15 Å². The standard InChI is InChI=1S/C17H29NO2/c1-13-14(11-18-17(2,3)4)10-16(20-13)12-19-15-8-6-5-7-9-15/h10,15,18H,5-9,11-12H2,1-4H3. The zero-order valence-corrected chi connectivity index (χ0v) is 13.4. The highest BCUT2D eigenvalue weighted by Crippen LogP contribution is 2.23. The van der Waals surface area contributed by atoms with Crippen LogP contribution in [0.2, 0.25) is 0 Å². The molecule has 0 aliphatic heterocycles. The molecule has 0 amide bonds. The van der Waals surface area contributed by atoms with Crippen LogP contribution in [-0.4, -0.2) is 11.6 Å². The van der Waals surface area contributed by atoms with E-state index in [1.807, 2.05) is 6.92 Å². The summed E-state index contributed by atoms with van der Waals surface area (Å²) in [5, 5.41) is 3.50. The Labute approximate surface area is 123 Å². The van der Waals surface area contributed by atoms with Crippen LogP contribution in [0, 0.1) is 6.92 Å². The highest BCUT2D eigenvalue weighted by molar-refractivity contribution is 5.20. The van der Waals surface area contributed by atoms with Gasteiger partial charge in [-0.1, -0.05) is 19.3 Å². The van der Waals surface area contributed by atoms with Crippen LogP contribution in [0.5, 0.6) is 0 Å². The number of hydrogen-bond donors (Lipinski definition) is 1. The second kappa shape index (κ2) is 6.77. The minimum absolute atomic E-state index is 0.127. The van der Waals surface area contributed by atoms with E-state index in [2.05, 4.69) is 32.2 Å². The number of nitrogens with one attached hydrogen (secondary N) is 1. The van der Waals surface area contributed by atoms with Crippen molar-refractivity contribution in [1.29, 1.82) is 0 Å². The maximum Gasteiger partial charge on any atom is 0.130 e. The molecular formula is C17H29NO2. The highest BCUT2D eigenvalue weighted by atomic mass is 16.5. The number of aryl methyl sites for hydroxylation is 1. The number of furan rings is 1. The number of rotatable bonds is 5. The largest absolute Gasteiger partial charge is 0.464 e. The Bertz CT molecular complexity index is 411. The normalized spacial score (nSPS) is 17.6. The SMILES string of the molecule is Cc1oc(COC2CCCCC2)cc1CNC(C)(C)C. The van der Waals surface area contributed by atoms with Gasteiger partial charge < -0.3 is 14.5 Å². The van der Waals surface area contributed by atoms with Crippen molar-refractivity contribution in [1.82, 2.24) is 5.32 Å². The second-order valence-corrected chi connectivity index (χ2v) is 6.97. The minimum atomic E-state index is 0.127. The smallest absolute Gasteiger partial charge is 0.130 e. The van der Waals surface area contributed by atoms with E-state index < -0.39 is 0 Å². The van der Waals surface area contributed by atoms with Crippen LogP contribution < -0.4 is 5.32 Å². The van der Waals surface area contributed by atoms with Gasteiger partial charge >= 0.3 is 0 Å². The molecular weight excluding hydrogens is 250 g/mol. The third-order valence-corrected chi connectivity index (χ3v) is 3.89. The lowest BCUT2D eigenvalue weighted by molar-refractivity contribution is 0.00850. The lowest BCUT2D eigenvalue weighted by Gasteiger charge is -2.21. The quantitative estimate of drug-likeness (QED) is 0.871. The van der Waals surface area contributed by atoms with Crippen molar-refractivity contribution in [2.24, 2.45) is 0 Å². The Morgan fingerprint density at radius 2 is 1.95 bits per heavy atom. The summed E-state index contributed by atoms with van der Waals surface area (Å²) in [5.41, 5.74) is 1.37. The molecule has 1 fully saturated rings. The summed E-state index contributed by atoms with van der Waals surface area (Å²) < 4.78 is 11.8. The van der Waals surface area contributed by atoms with Crippen LogP contribution in [0.15, 0.2) is 10.5 Å². The summed E-state index contributed by atoms with van der Waals surface area (Å²) in [4.78, 5) is 0. The fraction of sp³-hybridized carbons (Fsp3) is 0.765. The van der Waals surface area contributed by atoms with Crippen molar-refractivity contribution in [2.75, 3.05) is 0 Å². The van der Waals surface area contributed by atoms with E-state index in [1.165, 1.54) is 37.7 Å². The third-order valence-electron chi connectivity index (χ3n) is 3.89.